The van der Waals surface area contributed by atoms with E-state index in [9.17, 15) is 4.79 Å². The molecular formula is C19H19NO2. The number of rotatable bonds is 3. The number of hydrogen-bond acceptors (Lipinski definition) is 2. The molecule has 0 saturated heterocycles. The van der Waals surface area contributed by atoms with Crippen molar-refractivity contribution in [2.24, 2.45) is 0 Å². The molecule has 3 heteroatoms. The first kappa shape index (κ1) is 14.4. The number of methoxy groups -OCH3 is 1. The Morgan fingerprint density at radius 3 is 2.41 bits per heavy atom. The summed E-state index contributed by atoms with van der Waals surface area (Å²) in [6.07, 6.45) is 0. The van der Waals surface area contributed by atoms with Gasteiger partial charge < -0.3 is 9.72 Å². The number of benzene rings is 2. The fourth-order valence-electron chi connectivity index (χ4n) is 2.73. The van der Waals surface area contributed by atoms with Gasteiger partial charge in [-0.2, -0.15) is 0 Å². The summed E-state index contributed by atoms with van der Waals surface area (Å²) in [5.41, 5.74) is 5.59. The molecule has 1 N–H and O–H groups in total. The average Bonchev–Trinajstić information content (AvgIpc) is 2.92. The Balaban J connectivity index is 1.92. The topological polar surface area (TPSA) is 42.1 Å². The summed E-state index contributed by atoms with van der Waals surface area (Å²) >= 11 is 0. The molecule has 1 heterocycles. The summed E-state index contributed by atoms with van der Waals surface area (Å²) in [5.74, 6) is -0.453. The Labute approximate surface area is 129 Å². The Bertz CT molecular complexity index is 815. The number of ether oxygens (including phenoxy) is 1. The van der Waals surface area contributed by atoms with E-state index in [-0.39, 0.29) is 11.9 Å². The van der Waals surface area contributed by atoms with Gasteiger partial charge in [0.05, 0.1) is 13.0 Å². The lowest BCUT2D eigenvalue weighted by Crippen LogP contribution is -2.10. The molecule has 1 unspecified atom stereocenters. The number of fused-ring (bicyclic) bond motifs is 1. The minimum Gasteiger partial charge on any atom is -0.469 e. The molecule has 0 radical (unpaired) electrons. The monoisotopic (exact) mass is 293 g/mol. The standard InChI is InChI=1S/C19H19NO2/c1-12-10-17-11-16(8-9-18(17)20-12)15-6-4-14(5-7-15)13(2)19(21)22-3/h4-11,13,20H,1-3H3. The van der Waals surface area contributed by atoms with Crippen LogP contribution < -0.4 is 0 Å². The summed E-state index contributed by atoms with van der Waals surface area (Å²) in [6, 6.07) is 16.6. The molecule has 3 nitrogen and oxygen atoms in total. The van der Waals surface area contributed by atoms with Gasteiger partial charge in [0.1, 0.15) is 0 Å². The van der Waals surface area contributed by atoms with Gasteiger partial charge in [-0.05, 0) is 48.7 Å². The summed E-state index contributed by atoms with van der Waals surface area (Å²) in [6.45, 7) is 3.91. The molecule has 0 aliphatic carbocycles. The van der Waals surface area contributed by atoms with Gasteiger partial charge in [0.2, 0.25) is 0 Å². The van der Waals surface area contributed by atoms with Gasteiger partial charge in [0.15, 0.2) is 0 Å². The molecule has 1 aromatic heterocycles. The number of carbonyl (C=O) groups is 1. The lowest BCUT2D eigenvalue weighted by Gasteiger charge is -2.10. The number of H-pyrrole nitrogens is 1. The number of aromatic nitrogens is 1. The quantitative estimate of drug-likeness (QED) is 0.726. The zero-order valence-electron chi connectivity index (χ0n) is 13.0. The molecule has 112 valence electrons. The van der Waals surface area contributed by atoms with Gasteiger partial charge in [-0.1, -0.05) is 30.3 Å². The van der Waals surface area contributed by atoms with E-state index in [1.165, 1.54) is 18.1 Å². The van der Waals surface area contributed by atoms with Crippen molar-refractivity contribution in [1.29, 1.82) is 0 Å². The lowest BCUT2D eigenvalue weighted by molar-refractivity contribution is -0.141. The molecule has 3 rings (SSSR count). The average molecular weight is 293 g/mol. The van der Waals surface area contributed by atoms with Crippen molar-refractivity contribution in [1.82, 2.24) is 4.98 Å². The molecule has 2 aromatic carbocycles. The van der Waals surface area contributed by atoms with Crippen molar-refractivity contribution < 1.29 is 9.53 Å². The van der Waals surface area contributed by atoms with Crippen LogP contribution in [0.4, 0.5) is 0 Å². The molecule has 0 aliphatic rings. The van der Waals surface area contributed by atoms with E-state index >= 15 is 0 Å². The SMILES string of the molecule is COC(=O)C(C)c1ccc(-c2ccc3[nH]c(C)cc3c2)cc1. The molecule has 0 fully saturated rings. The second-order valence-corrected chi connectivity index (χ2v) is 5.62. The second-order valence-electron chi connectivity index (χ2n) is 5.62. The minimum absolute atomic E-state index is 0.211. The largest absolute Gasteiger partial charge is 0.469 e. The second kappa shape index (κ2) is 5.68. The van der Waals surface area contributed by atoms with Crippen molar-refractivity contribution >= 4 is 16.9 Å². The number of hydrogen-bond donors (Lipinski definition) is 1. The molecular weight excluding hydrogens is 274 g/mol. The lowest BCUT2D eigenvalue weighted by atomic mass is 9.97. The maximum atomic E-state index is 11.6. The Hall–Kier alpha value is -2.55. The van der Waals surface area contributed by atoms with Gasteiger partial charge >= 0.3 is 5.97 Å². The summed E-state index contributed by atoms with van der Waals surface area (Å²) in [4.78, 5) is 14.9. The number of esters is 1. The van der Waals surface area contributed by atoms with Crippen LogP contribution in [0, 0.1) is 6.92 Å². The maximum Gasteiger partial charge on any atom is 0.312 e. The summed E-state index contributed by atoms with van der Waals surface area (Å²) < 4.78 is 4.79. The molecule has 0 amide bonds. The molecule has 0 saturated carbocycles. The molecule has 0 aliphatic heterocycles. The van der Waals surface area contributed by atoms with Gasteiger partial charge in [0.25, 0.3) is 0 Å². The van der Waals surface area contributed by atoms with Crippen LogP contribution in [0.1, 0.15) is 24.1 Å². The van der Waals surface area contributed by atoms with Gasteiger partial charge in [0, 0.05) is 16.6 Å². The van der Waals surface area contributed by atoms with Crippen molar-refractivity contribution in [3.05, 3.63) is 59.8 Å². The first-order chi connectivity index (χ1) is 10.6. The van der Waals surface area contributed by atoms with Crippen molar-refractivity contribution in [3.8, 4) is 11.1 Å². The Morgan fingerprint density at radius 2 is 1.73 bits per heavy atom. The van der Waals surface area contributed by atoms with Gasteiger partial charge in [-0.25, -0.2) is 0 Å². The molecule has 1 atom stereocenters. The van der Waals surface area contributed by atoms with Crippen LogP contribution in [0.15, 0.2) is 48.5 Å². The van der Waals surface area contributed by atoms with E-state index in [2.05, 4.69) is 48.3 Å². The highest BCUT2D eigenvalue weighted by Crippen LogP contribution is 2.26. The van der Waals surface area contributed by atoms with Crippen LogP contribution in [0.25, 0.3) is 22.0 Å². The van der Waals surface area contributed by atoms with Crippen LogP contribution in [-0.4, -0.2) is 18.1 Å². The number of carbonyl (C=O) groups excluding carboxylic acids is 1. The first-order valence-electron chi connectivity index (χ1n) is 7.36. The number of aryl methyl sites for hydroxylation is 1. The van der Waals surface area contributed by atoms with E-state index in [0.29, 0.717) is 0 Å². The molecule has 3 aromatic rings. The molecule has 22 heavy (non-hydrogen) atoms. The highest BCUT2D eigenvalue weighted by molar-refractivity contribution is 5.86. The van der Waals surface area contributed by atoms with E-state index in [1.807, 2.05) is 19.1 Å². The Morgan fingerprint density at radius 1 is 1.05 bits per heavy atom. The normalized spacial score (nSPS) is 12.3. The smallest absolute Gasteiger partial charge is 0.312 e. The fourth-order valence-corrected chi connectivity index (χ4v) is 2.73. The highest BCUT2D eigenvalue weighted by atomic mass is 16.5. The van der Waals surface area contributed by atoms with E-state index in [4.69, 9.17) is 4.74 Å². The zero-order valence-corrected chi connectivity index (χ0v) is 13.0. The maximum absolute atomic E-state index is 11.6. The van der Waals surface area contributed by atoms with Gasteiger partial charge in [-0.3, -0.25) is 4.79 Å². The van der Waals surface area contributed by atoms with Crippen molar-refractivity contribution in [2.45, 2.75) is 19.8 Å². The third-order valence-electron chi connectivity index (χ3n) is 4.05. The Kier molecular flexibility index (Phi) is 3.72. The van der Waals surface area contributed by atoms with Crippen molar-refractivity contribution in [2.75, 3.05) is 7.11 Å². The summed E-state index contributed by atoms with van der Waals surface area (Å²) in [7, 11) is 1.42. The van der Waals surface area contributed by atoms with E-state index < -0.39 is 0 Å². The van der Waals surface area contributed by atoms with E-state index in [1.54, 1.807) is 0 Å². The van der Waals surface area contributed by atoms with Crippen LogP contribution >= 0.6 is 0 Å². The number of nitrogens with one attached hydrogen (secondary N) is 1. The number of aromatic amines is 1. The van der Waals surface area contributed by atoms with E-state index in [0.717, 1.165) is 22.3 Å². The fraction of sp³-hybridized carbons (Fsp3) is 0.211. The first-order valence-corrected chi connectivity index (χ1v) is 7.36. The molecule has 0 bridgehead atoms. The predicted octanol–water partition coefficient (Wildman–Crippen LogP) is 4.42. The third kappa shape index (κ3) is 2.62. The molecule has 0 spiro atoms. The third-order valence-corrected chi connectivity index (χ3v) is 4.05. The van der Waals surface area contributed by atoms with Crippen LogP contribution in [0.5, 0.6) is 0 Å². The summed E-state index contributed by atoms with van der Waals surface area (Å²) in [5, 5.41) is 1.21. The van der Waals surface area contributed by atoms with Crippen LogP contribution in [-0.2, 0) is 9.53 Å². The zero-order chi connectivity index (χ0) is 15.7. The minimum atomic E-state index is -0.242. The highest BCUT2D eigenvalue weighted by Gasteiger charge is 2.15. The van der Waals surface area contributed by atoms with Crippen molar-refractivity contribution in [3.63, 3.8) is 0 Å². The van der Waals surface area contributed by atoms with Crippen LogP contribution in [0.3, 0.4) is 0 Å². The predicted molar refractivity (Wildman–Crippen MR) is 88.9 cm³/mol. The van der Waals surface area contributed by atoms with Crippen LogP contribution in [0.2, 0.25) is 0 Å². The van der Waals surface area contributed by atoms with Gasteiger partial charge in [-0.15, -0.1) is 0 Å².